The molecule has 0 unspecified atom stereocenters. The molecule has 1 aromatic carbocycles. The zero-order valence-electron chi connectivity index (χ0n) is 10.4. The average Bonchev–Trinajstić information content (AvgIpc) is 2.81. The van der Waals surface area contributed by atoms with Gasteiger partial charge in [-0.25, -0.2) is 13.5 Å². The lowest BCUT2D eigenvalue weighted by Gasteiger charge is -2.06. The number of halogens is 2. The highest BCUT2D eigenvalue weighted by Gasteiger charge is 2.10. The summed E-state index contributed by atoms with van der Waals surface area (Å²) in [4.78, 5) is 11.7. The summed E-state index contributed by atoms with van der Waals surface area (Å²) in [5.41, 5.74) is 0.445. The summed E-state index contributed by atoms with van der Waals surface area (Å²) in [6, 6.07) is 2.87. The Morgan fingerprint density at radius 2 is 2.20 bits per heavy atom. The molecule has 106 valence electrons. The highest BCUT2D eigenvalue weighted by molar-refractivity contribution is 5.90. The van der Waals surface area contributed by atoms with Crippen molar-refractivity contribution in [2.75, 3.05) is 11.9 Å². The Morgan fingerprint density at radius 1 is 1.40 bits per heavy atom. The zero-order chi connectivity index (χ0) is 14.5. The molecule has 0 aliphatic heterocycles. The Hall–Kier alpha value is -2.35. The fourth-order valence-corrected chi connectivity index (χ4v) is 1.57. The number of aliphatic hydroxyl groups excluding tert-OH is 1. The van der Waals surface area contributed by atoms with Gasteiger partial charge in [-0.2, -0.15) is 0 Å². The van der Waals surface area contributed by atoms with Crippen molar-refractivity contribution in [3.05, 3.63) is 41.7 Å². The number of carbonyl (C=O) groups excluding carboxylic acids is 1. The molecule has 0 spiro atoms. The normalized spacial score (nSPS) is 10.6. The maximum absolute atomic E-state index is 13.3. The van der Waals surface area contributed by atoms with E-state index in [-0.39, 0.29) is 18.8 Å². The van der Waals surface area contributed by atoms with Crippen LogP contribution in [0.5, 0.6) is 0 Å². The second-order valence-electron chi connectivity index (χ2n) is 4.05. The van der Waals surface area contributed by atoms with E-state index in [9.17, 15) is 13.6 Å². The Balaban J connectivity index is 1.97. The molecule has 1 aromatic heterocycles. The Morgan fingerprint density at radius 3 is 2.90 bits per heavy atom. The van der Waals surface area contributed by atoms with Crippen LogP contribution in [0.25, 0.3) is 0 Å². The maximum atomic E-state index is 13.3. The number of carbonyl (C=O) groups is 1. The van der Waals surface area contributed by atoms with Crippen LogP contribution in [0.4, 0.5) is 14.5 Å². The summed E-state index contributed by atoms with van der Waals surface area (Å²) in [6.45, 7) is -0.221. The number of benzene rings is 1. The molecule has 1 heterocycles. The molecule has 0 fully saturated rings. The van der Waals surface area contributed by atoms with E-state index in [1.165, 1.54) is 10.9 Å². The van der Waals surface area contributed by atoms with Gasteiger partial charge in [-0.3, -0.25) is 4.79 Å². The number of amides is 1. The third kappa shape index (κ3) is 3.58. The number of anilines is 1. The first kappa shape index (κ1) is 14.1. The largest absolute Gasteiger partial charge is 0.396 e. The van der Waals surface area contributed by atoms with Gasteiger partial charge in [0.2, 0.25) is 5.91 Å². The summed E-state index contributed by atoms with van der Waals surface area (Å²) < 4.78 is 27.3. The topological polar surface area (TPSA) is 80.0 Å². The molecule has 0 saturated heterocycles. The fraction of sp³-hybridized carbons (Fsp3) is 0.250. The number of aliphatic hydroxyl groups is 1. The molecule has 2 aromatic rings. The van der Waals surface area contributed by atoms with Gasteiger partial charge in [0.15, 0.2) is 0 Å². The van der Waals surface area contributed by atoms with Crippen LogP contribution in [0.2, 0.25) is 0 Å². The van der Waals surface area contributed by atoms with E-state index < -0.39 is 17.5 Å². The third-order valence-corrected chi connectivity index (χ3v) is 2.46. The summed E-state index contributed by atoms with van der Waals surface area (Å²) in [5.74, 6) is -2.08. The highest BCUT2D eigenvalue weighted by atomic mass is 19.1. The summed E-state index contributed by atoms with van der Waals surface area (Å²) >= 11 is 0. The van der Waals surface area contributed by atoms with Gasteiger partial charge < -0.3 is 10.4 Å². The van der Waals surface area contributed by atoms with E-state index in [1.54, 1.807) is 0 Å². The molecule has 2 rings (SSSR count). The summed E-state index contributed by atoms with van der Waals surface area (Å²) in [5, 5.41) is 18.5. The predicted molar refractivity (Wildman–Crippen MR) is 65.8 cm³/mol. The second-order valence-corrected chi connectivity index (χ2v) is 4.05. The van der Waals surface area contributed by atoms with Crippen LogP contribution in [-0.2, 0) is 17.8 Å². The number of nitrogens with one attached hydrogen (secondary N) is 1. The predicted octanol–water partition coefficient (Wildman–Crippen LogP) is 0.730. The van der Waals surface area contributed by atoms with Crippen molar-refractivity contribution < 1.29 is 18.7 Å². The monoisotopic (exact) mass is 282 g/mol. The summed E-state index contributed by atoms with van der Waals surface area (Å²) in [6.07, 6.45) is 1.85. The molecular formula is C12H12F2N4O2. The van der Waals surface area contributed by atoms with Gasteiger partial charge in [0.05, 0.1) is 11.4 Å². The van der Waals surface area contributed by atoms with Gasteiger partial charge in [-0.05, 0) is 12.1 Å². The molecule has 0 saturated carbocycles. The van der Waals surface area contributed by atoms with Crippen LogP contribution in [-0.4, -0.2) is 32.6 Å². The molecule has 0 atom stereocenters. The van der Waals surface area contributed by atoms with Crippen LogP contribution in [0.15, 0.2) is 24.4 Å². The van der Waals surface area contributed by atoms with Gasteiger partial charge in [-0.15, -0.1) is 5.10 Å². The van der Waals surface area contributed by atoms with Crippen molar-refractivity contribution in [3.8, 4) is 0 Å². The molecule has 8 heteroatoms. The Bertz CT molecular complexity index is 615. The quantitative estimate of drug-likeness (QED) is 0.847. The molecule has 6 nitrogen and oxygen atoms in total. The molecular weight excluding hydrogens is 270 g/mol. The minimum atomic E-state index is -0.849. The van der Waals surface area contributed by atoms with Crippen molar-refractivity contribution >= 4 is 11.6 Å². The zero-order valence-corrected chi connectivity index (χ0v) is 10.4. The van der Waals surface area contributed by atoms with E-state index >= 15 is 0 Å². The second kappa shape index (κ2) is 6.20. The number of rotatable bonds is 5. The fourth-order valence-electron chi connectivity index (χ4n) is 1.57. The molecule has 20 heavy (non-hydrogen) atoms. The Kier molecular flexibility index (Phi) is 4.36. The lowest BCUT2D eigenvalue weighted by molar-refractivity contribution is -0.116. The van der Waals surface area contributed by atoms with Crippen LogP contribution >= 0.6 is 0 Å². The molecule has 1 amide bonds. The number of hydrogen-bond acceptors (Lipinski definition) is 4. The van der Waals surface area contributed by atoms with Gasteiger partial charge in [0.1, 0.15) is 18.2 Å². The van der Waals surface area contributed by atoms with E-state index in [0.717, 1.165) is 12.1 Å². The number of nitrogens with zero attached hydrogens (tertiary/aromatic N) is 3. The minimum Gasteiger partial charge on any atom is -0.396 e. The van der Waals surface area contributed by atoms with Crippen molar-refractivity contribution in [2.45, 2.75) is 13.0 Å². The van der Waals surface area contributed by atoms with Crippen molar-refractivity contribution in [2.24, 2.45) is 0 Å². The smallest absolute Gasteiger partial charge is 0.246 e. The van der Waals surface area contributed by atoms with Crippen LogP contribution in [0, 0.1) is 11.6 Å². The molecule has 0 bridgehead atoms. The lowest BCUT2D eigenvalue weighted by atomic mass is 10.3. The molecule has 0 aliphatic rings. The van der Waals surface area contributed by atoms with E-state index in [4.69, 9.17) is 5.11 Å². The average molecular weight is 282 g/mol. The minimum absolute atomic E-state index is 0.0638. The van der Waals surface area contributed by atoms with Gasteiger partial charge in [0.25, 0.3) is 0 Å². The van der Waals surface area contributed by atoms with Gasteiger partial charge in [0, 0.05) is 25.3 Å². The van der Waals surface area contributed by atoms with Crippen molar-refractivity contribution in [1.82, 2.24) is 15.0 Å². The van der Waals surface area contributed by atoms with Gasteiger partial charge >= 0.3 is 0 Å². The van der Waals surface area contributed by atoms with Crippen molar-refractivity contribution in [1.29, 1.82) is 0 Å². The third-order valence-electron chi connectivity index (χ3n) is 2.46. The van der Waals surface area contributed by atoms with Crippen LogP contribution in [0.1, 0.15) is 5.69 Å². The first-order valence-electron chi connectivity index (χ1n) is 5.83. The van der Waals surface area contributed by atoms with Crippen LogP contribution < -0.4 is 5.32 Å². The molecule has 0 radical (unpaired) electrons. The highest BCUT2D eigenvalue weighted by Crippen LogP contribution is 2.14. The van der Waals surface area contributed by atoms with E-state index in [2.05, 4.69) is 15.6 Å². The Labute approximate surface area is 113 Å². The SMILES string of the molecule is O=C(Cn1cc(CCO)nn1)Nc1ccc(F)cc1F. The van der Waals surface area contributed by atoms with Crippen LogP contribution in [0.3, 0.4) is 0 Å². The van der Waals surface area contributed by atoms with E-state index in [0.29, 0.717) is 18.2 Å². The molecule has 0 aliphatic carbocycles. The van der Waals surface area contributed by atoms with Gasteiger partial charge in [-0.1, -0.05) is 5.21 Å². The van der Waals surface area contributed by atoms with Crippen molar-refractivity contribution in [3.63, 3.8) is 0 Å². The lowest BCUT2D eigenvalue weighted by Crippen LogP contribution is -2.19. The number of aromatic nitrogens is 3. The first-order valence-corrected chi connectivity index (χ1v) is 5.83. The molecule has 2 N–H and O–H groups in total. The number of hydrogen-bond donors (Lipinski definition) is 2. The standard InChI is InChI=1S/C12H12F2N4O2/c13-8-1-2-11(10(14)5-8)15-12(20)7-18-6-9(3-4-19)16-17-18/h1-2,5-6,19H,3-4,7H2,(H,15,20). The van der Waals surface area contributed by atoms with E-state index in [1.807, 2.05) is 0 Å². The first-order chi connectivity index (χ1) is 9.58. The summed E-state index contributed by atoms with van der Waals surface area (Å²) in [7, 11) is 0. The maximum Gasteiger partial charge on any atom is 0.246 e.